The number of hydrogen-bond acceptors (Lipinski definition) is 2. The number of fused-ring (bicyclic) bond motifs is 1. The Morgan fingerprint density at radius 1 is 0.867 bits per heavy atom. The second-order valence-electron chi connectivity index (χ2n) is 7.92. The van der Waals surface area contributed by atoms with Crippen LogP contribution in [0.2, 0.25) is 0 Å². The molecular weight excluding hydrogens is 389 g/mol. The first kappa shape index (κ1) is 20.9. The van der Waals surface area contributed by atoms with Crippen LogP contribution in [0, 0.1) is 23.4 Å². The molecule has 1 fully saturated rings. The molecule has 0 spiro atoms. The molecule has 0 saturated carbocycles. The van der Waals surface area contributed by atoms with E-state index in [9.17, 15) is 8.78 Å². The van der Waals surface area contributed by atoms with Gasteiger partial charge >= 0.3 is 0 Å². The van der Waals surface area contributed by atoms with Crippen LogP contribution in [0.15, 0.2) is 48.5 Å². The molecule has 3 aromatic rings. The number of rotatable bonds is 6. The van der Waals surface area contributed by atoms with E-state index < -0.39 is 17.9 Å². The molecule has 1 saturated heterocycles. The molecule has 0 N–H and O–H groups in total. The largest absolute Gasteiger partial charge is 0.348 e. The number of ether oxygens (including phenoxy) is 2. The molecule has 0 aromatic heterocycles. The molecule has 1 aliphatic heterocycles. The van der Waals surface area contributed by atoms with Gasteiger partial charge in [0.2, 0.25) is 0 Å². The zero-order chi connectivity index (χ0) is 21.1. The van der Waals surface area contributed by atoms with Crippen molar-refractivity contribution in [2.24, 2.45) is 5.92 Å². The highest BCUT2D eigenvalue weighted by molar-refractivity contribution is 5.84. The quantitative estimate of drug-likeness (QED) is 0.458. The summed E-state index contributed by atoms with van der Waals surface area (Å²) in [6.07, 6.45) is 2.61. The van der Waals surface area contributed by atoms with Crippen molar-refractivity contribution in [1.29, 1.82) is 0 Å². The van der Waals surface area contributed by atoms with E-state index in [4.69, 9.17) is 9.47 Å². The van der Waals surface area contributed by atoms with Crippen molar-refractivity contribution >= 4 is 10.8 Å². The third kappa shape index (κ3) is 4.52. The second kappa shape index (κ2) is 9.19. The fraction of sp³-hybridized carbons (Fsp3) is 0.360. The summed E-state index contributed by atoms with van der Waals surface area (Å²) in [6, 6.07) is 12.9. The third-order valence-corrected chi connectivity index (χ3v) is 5.66. The lowest BCUT2D eigenvalue weighted by atomic mass is 9.98. The Balaban J connectivity index is 1.48. The molecule has 0 bridgehead atoms. The number of halogens is 3. The third-order valence-electron chi connectivity index (χ3n) is 5.66. The molecule has 1 aliphatic rings. The van der Waals surface area contributed by atoms with E-state index in [2.05, 4.69) is 6.92 Å². The van der Waals surface area contributed by atoms with Gasteiger partial charge in [0.1, 0.15) is 5.82 Å². The number of benzene rings is 3. The van der Waals surface area contributed by atoms with Crippen molar-refractivity contribution in [3.05, 3.63) is 82.7 Å². The first-order valence-electron chi connectivity index (χ1n) is 10.4. The Morgan fingerprint density at radius 2 is 1.67 bits per heavy atom. The van der Waals surface area contributed by atoms with Crippen LogP contribution in [0.1, 0.15) is 42.7 Å². The van der Waals surface area contributed by atoms with Crippen LogP contribution in [0.5, 0.6) is 0 Å². The van der Waals surface area contributed by atoms with E-state index in [0.29, 0.717) is 48.5 Å². The van der Waals surface area contributed by atoms with E-state index in [1.165, 1.54) is 6.07 Å². The summed E-state index contributed by atoms with van der Waals surface area (Å²) in [4.78, 5) is 0. The van der Waals surface area contributed by atoms with E-state index in [1.54, 1.807) is 12.1 Å². The van der Waals surface area contributed by atoms with Gasteiger partial charge in [0.25, 0.3) is 0 Å². The molecule has 3 aromatic carbocycles. The predicted molar refractivity (Wildman–Crippen MR) is 111 cm³/mol. The zero-order valence-corrected chi connectivity index (χ0v) is 17.0. The summed E-state index contributed by atoms with van der Waals surface area (Å²) in [5.74, 6) is -1.61. The van der Waals surface area contributed by atoms with Gasteiger partial charge in [0.15, 0.2) is 17.9 Å². The van der Waals surface area contributed by atoms with Gasteiger partial charge in [-0.05, 0) is 54.0 Å². The highest BCUT2D eigenvalue weighted by Gasteiger charge is 2.23. The second-order valence-corrected chi connectivity index (χ2v) is 7.92. The van der Waals surface area contributed by atoms with Crippen LogP contribution in [-0.2, 0) is 22.3 Å². The van der Waals surface area contributed by atoms with Gasteiger partial charge in [-0.1, -0.05) is 43.7 Å². The predicted octanol–water partition coefficient (Wildman–Crippen LogP) is 6.50. The summed E-state index contributed by atoms with van der Waals surface area (Å²) in [7, 11) is 0. The summed E-state index contributed by atoms with van der Waals surface area (Å²) in [5.41, 5.74) is 2.07. The zero-order valence-electron chi connectivity index (χ0n) is 17.0. The Kier molecular flexibility index (Phi) is 6.40. The maximum atomic E-state index is 15.0. The van der Waals surface area contributed by atoms with Gasteiger partial charge in [-0.25, -0.2) is 13.2 Å². The maximum Gasteiger partial charge on any atom is 0.183 e. The Hall–Kier alpha value is -2.37. The molecule has 0 aliphatic carbocycles. The molecule has 0 atom stereocenters. The highest BCUT2D eigenvalue weighted by atomic mass is 19.2. The summed E-state index contributed by atoms with van der Waals surface area (Å²) >= 11 is 0. The first-order chi connectivity index (χ1) is 14.5. The van der Waals surface area contributed by atoms with Crippen LogP contribution >= 0.6 is 0 Å². The van der Waals surface area contributed by atoms with Gasteiger partial charge < -0.3 is 9.47 Å². The van der Waals surface area contributed by atoms with Crippen LogP contribution in [0.25, 0.3) is 10.8 Å². The molecule has 0 radical (unpaired) electrons. The van der Waals surface area contributed by atoms with Crippen molar-refractivity contribution in [2.45, 2.75) is 38.9 Å². The molecule has 0 unspecified atom stereocenters. The lowest BCUT2D eigenvalue weighted by Crippen LogP contribution is -2.26. The Labute approximate surface area is 174 Å². The van der Waals surface area contributed by atoms with Gasteiger partial charge in [-0.15, -0.1) is 0 Å². The Morgan fingerprint density at radius 3 is 2.40 bits per heavy atom. The van der Waals surface area contributed by atoms with Gasteiger partial charge in [0, 0.05) is 16.9 Å². The average molecular weight is 414 g/mol. The number of aryl methyl sites for hydroxylation is 2. The molecule has 5 heteroatoms. The molecule has 4 rings (SSSR count). The van der Waals surface area contributed by atoms with Crippen LogP contribution < -0.4 is 0 Å². The average Bonchev–Trinajstić information content (AvgIpc) is 2.76. The van der Waals surface area contributed by atoms with Gasteiger partial charge in [0.05, 0.1) is 13.2 Å². The summed E-state index contributed by atoms with van der Waals surface area (Å²) in [5, 5.41) is 1.31. The Bertz CT molecular complexity index is 1030. The van der Waals surface area contributed by atoms with E-state index in [0.717, 1.165) is 35.9 Å². The van der Waals surface area contributed by atoms with Gasteiger partial charge in [-0.2, -0.15) is 0 Å². The minimum Gasteiger partial charge on any atom is -0.348 e. The van der Waals surface area contributed by atoms with Gasteiger partial charge in [-0.3, -0.25) is 0 Å². The smallest absolute Gasteiger partial charge is 0.183 e. The van der Waals surface area contributed by atoms with Crippen molar-refractivity contribution in [2.75, 3.05) is 13.2 Å². The lowest BCUT2D eigenvalue weighted by molar-refractivity contribution is -0.206. The topological polar surface area (TPSA) is 18.5 Å². The molecular formula is C25H25F3O2. The van der Waals surface area contributed by atoms with Crippen molar-refractivity contribution in [3.8, 4) is 0 Å². The highest BCUT2D eigenvalue weighted by Crippen LogP contribution is 2.30. The molecule has 30 heavy (non-hydrogen) atoms. The van der Waals surface area contributed by atoms with E-state index >= 15 is 4.39 Å². The summed E-state index contributed by atoms with van der Waals surface area (Å²) in [6.45, 7) is 3.50. The van der Waals surface area contributed by atoms with E-state index in [-0.39, 0.29) is 5.82 Å². The van der Waals surface area contributed by atoms with Crippen molar-refractivity contribution in [1.82, 2.24) is 0 Å². The van der Waals surface area contributed by atoms with Crippen molar-refractivity contribution < 1.29 is 22.6 Å². The minimum absolute atomic E-state index is 0.282. The molecule has 2 nitrogen and oxygen atoms in total. The monoisotopic (exact) mass is 414 g/mol. The lowest BCUT2D eigenvalue weighted by Gasteiger charge is -2.29. The van der Waals surface area contributed by atoms with Crippen LogP contribution in [0.4, 0.5) is 13.2 Å². The number of hydrogen-bond donors (Lipinski definition) is 0. The standard InChI is InChI=1S/C25H25F3O2/c1-2-3-17-14-29-25(30-15-17)20-9-10-21-19(13-20)8-7-18(24(21)28)6-4-16-5-11-22(26)23(27)12-16/h5,7-13,17,25H,2-4,6,14-15H2,1H3. The van der Waals surface area contributed by atoms with E-state index in [1.807, 2.05) is 18.2 Å². The molecule has 1 heterocycles. The molecule has 158 valence electrons. The van der Waals surface area contributed by atoms with Crippen LogP contribution in [-0.4, -0.2) is 13.2 Å². The normalized spacial score (nSPS) is 19.3. The van der Waals surface area contributed by atoms with Crippen LogP contribution in [0.3, 0.4) is 0 Å². The molecule has 0 amide bonds. The summed E-state index contributed by atoms with van der Waals surface area (Å²) < 4.78 is 53.2. The fourth-order valence-electron chi connectivity index (χ4n) is 3.98. The van der Waals surface area contributed by atoms with Crippen molar-refractivity contribution in [3.63, 3.8) is 0 Å². The first-order valence-corrected chi connectivity index (χ1v) is 10.4. The fourth-order valence-corrected chi connectivity index (χ4v) is 3.98. The minimum atomic E-state index is -0.882. The SMILES string of the molecule is CCCC1COC(c2ccc3c(F)c(CCc4ccc(F)c(F)c4)ccc3c2)OC1. The maximum absolute atomic E-state index is 15.0.